The number of carbonyl (C=O) groups excluding carboxylic acids is 2. The average Bonchev–Trinajstić information content (AvgIpc) is 3.15. The fraction of sp³-hybridized carbons (Fsp3) is 0.619. The van der Waals surface area contributed by atoms with E-state index < -0.39 is 0 Å². The zero-order valence-corrected chi connectivity index (χ0v) is 17.0. The van der Waals surface area contributed by atoms with Crippen LogP contribution in [0.25, 0.3) is 0 Å². The van der Waals surface area contributed by atoms with Crippen LogP contribution in [0.1, 0.15) is 38.7 Å². The average molecular weight is 389 g/mol. The number of nitrogens with zero attached hydrogens (tertiary/aromatic N) is 3. The number of ether oxygens (including phenoxy) is 2. The molecular formula is C21H31N3O4. The van der Waals surface area contributed by atoms with Gasteiger partial charge in [-0.15, -0.1) is 0 Å². The second-order valence-electron chi connectivity index (χ2n) is 7.49. The number of rotatable bonds is 8. The van der Waals surface area contributed by atoms with E-state index >= 15 is 0 Å². The van der Waals surface area contributed by atoms with Gasteiger partial charge < -0.3 is 19.3 Å². The van der Waals surface area contributed by atoms with Crippen LogP contribution < -0.4 is 9.47 Å². The minimum absolute atomic E-state index is 0.0223. The lowest BCUT2D eigenvalue weighted by atomic mass is 10.1. The lowest BCUT2D eigenvalue weighted by molar-refractivity contribution is -0.140. The van der Waals surface area contributed by atoms with E-state index in [9.17, 15) is 9.59 Å². The Morgan fingerprint density at radius 3 is 2.54 bits per heavy atom. The van der Waals surface area contributed by atoms with Gasteiger partial charge in [0.15, 0.2) is 11.5 Å². The third-order valence-corrected chi connectivity index (χ3v) is 5.37. The molecule has 0 bridgehead atoms. The fourth-order valence-electron chi connectivity index (χ4n) is 3.62. The first-order valence-corrected chi connectivity index (χ1v) is 10.2. The Kier molecular flexibility index (Phi) is 7.14. The van der Waals surface area contributed by atoms with Crippen LogP contribution >= 0.6 is 0 Å². The van der Waals surface area contributed by atoms with Crippen molar-refractivity contribution in [3.63, 3.8) is 0 Å². The van der Waals surface area contributed by atoms with Gasteiger partial charge in [-0.2, -0.15) is 0 Å². The molecule has 2 aliphatic heterocycles. The van der Waals surface area contributed by atoms with E-state index in [4.69, 9.17) is 9.47 Å². The zero-order chi connectivity index (χ0) is 19.9. The highest BCUT2D eigenvalue weighted by molar-refractivity contribution is 5.83. The van der Waals surface area contributed by atoms with Crippen LogP contribution in [-0.4, -0.2) is 72.6 Å². The van der Waals surface area contributed by atoms with Gasteiger partial charge in [0.1, 0.15) is 0 Å². The van der Waals surface area contributed by atoms with Crippen molar-refractivity contribution in [1.82, 2.24) is 14.7 Å². The molecule has 154 valence electrons. The molecule has 2 heterocycles. The van der Waals surface area contributed by atoms with Gasteiger partial charge in [-0.25, -0.2) is 0 Å². The summed E-state index contributed by atoms with van der Waals surface area (Å²) in [4.78, 5) is 30.3. The SMILES string of the molecule is CCCCCN(CC(=O)N1CCN(Cc2ccc3c(c2)OCO3)CC1)C(C)=O. The summed E-state index contributed by atoms with van der Waals surface area (Å²) in [6, 6.07) is 6.04. The van der Waals surface area contributed by atoms with Crippen LogP contribution in [0.5, 0.6) is 11.5 Å². The first kappa shape index (κ1) is 20.5. The normalized spacial score (nSPS) is 16.3. The van der Waals surface area contributed by atoms with E-state index in [-0.39, 0.29) is 25.2 Å². The number of piperazine rings is 1. The van der Waals surface area contributed by atoms with Crippen molar-refractivity contribution in [3.8, 4) is 11.5 Å². The molecule has 0 atom stereocenters. The summed E-state index contributed by atoms with van der Waals surface area (Å²) in [7, 11) is 0. The lowest BCUT2D eigenvalue weighted by Crippen LogP contribution is -2.51. The zero-order valence-electron chi connectivity index (χ0n) is 17.0. The molecule has 2 aliphatic rings. The molecule has 0 N–H and O–H groups in total. The number of unbranched alkanes of at least 4 members (excludes halogenated alkanes) is 2. The van der Waals surface area contributed by atoms with Gasteiger partial charge in [-0.05, 0) is 24.1 Å². The van der Waals surface area contributed by atoms with Crippen molar-refractivity contribution >= 4 is 11.8 Å². The molecule has 0 aliphatic carbocycles. The summed E-state index contributed by atoms with van der Waals surface area (Å²) < 4.78 is 10.8. The van der Waals surface area contributed by atoms with Gasteiger partial charge in [0.2, 0.25) is 18.6 Å². The van der Waals surface area contributed by atoms with Gasteiger partial charge in [0.05, 0.1) is 6.54 Å². The molecule has 0 saturated carbocycles. The van der Waals surface area contributed by atoms with E-state index in [0.29, 0.717) is 19.6 Å². The highest BCUT2D eigenvalue weighted by Gasteiger charge is 2.24. The summed E-state index contributed by atoms with van der Waals surface area (Å²) in [5.41, 5.74) is 1.18. The number of fused-ring (bicyclic) bond motifs is 1. The van der Waals surface area contributed by atoms with Crippen molar-refractivity contribution < 1.29 is 19.1 Å². The van der Waals surface area contributed by atoms with Crippen molar-refractivity contribution in [2.45, 2.75) is 39.7 Å². The second-order valence-corrected chi connectivity index (χ2v) is 7.49. The molecule has 28 heavy (non-hydrogen) atoms. The van der Waals surface area contributed by atoms with E-state index in [1.54, 1.807) is 11.8 Å². The molecule has 0 aromatic heterocycles. The lowest BCUT2D eigenvalue weighted by Gasteiger charge is -2.35. The first-order valence-electron chi connectivity index (χ1n) is 10.2. The van der Waals surface area contributed by atoms with Gasteiger partial charge >= 0.3 is 0 Å². The Morgan fingerprint density at radius 2 is 1.82 bits per heavy atom. The molecule has 1 aromatic carbocycles. The van der Waals surface area contributed by atoms with Gasteiger partial charge in [0.25, 0.3) is 0 Å². The molecule has 0 spiro atoms. The monoisotopic (exact) mass is 389 g/mol. The van der Waals surface area contributed by atoms with Crippen molar-refractivity contribution in [2.24, 2.45) is 0 Å². The van der Waals surface area contributed by atoms with Crippen LogP contribution in [-0.2, 0) is 16.1 Å². The van der Waals surface area contributed by atoms with Crippen LogP contribution in [0.3, 0.4) is 0 Å². The first-order chi connectivity index (χ1) is 13.6. The standard InChI is InChI=1S/C21H31N3O4/c1-3-4-5-8-24(17(2)25)15-21(26)23-11-9-22(10-12-23)14-18-6-7-19-20(13-18)28-16-27-19/h6-7,13H,3-5,8-12,14-16H2,1-2H3. The molecule has 1 saturated heterocycles. The maximum Gasteiger partial charge on any atom is 0.242 e. The maximum atomic E-state index is 12.6. The summed E-state index contributed by atoms with van der Waals surface area (Å²) in [5, 5.41) is 0. The van der Waals surface area contributed by atoms with E-state index in [1.165, 1.54) is 5.56 Å². The molecular weight excluding hydrogens is 358 g/mol. The number of benzene rings is 1. The Morgan fingerprint density at radius 1 is 1.07 bits per heavy atom. The Hall–Kier alpha value is -2.28. The minimum Gasteiger partial charge on any atom is -0.454 e. The summed E-state index contributed by atoms with van der Waals surface area (Å²) in [6.45, 7) is 8.71. The number of amides is 2. The molecule has 2 amide bonds. The van der Waals surface area contributed by atoms with Crippen molar-refractivity contribution in [3.05, 3.63) is 23.8 Å². The topological polar surface area (TPSA) is 62.3 Å². The van der Waals surface area contributed by atoms with Crippen molar-refractivity contribution in [1.29, 1.82) is 0 Å². The van der Waals surface area contributed by atoms with Crippen LogP contribution in [0.4, 0.5) is 0 Å². The van der Waals surface area contributed by atoms with Crippen molar-refractivity contribution in [2.75, 3.05) is 46.1 Å². The largest absolute Gasteiger partial charge is 0.454 e. The number of hydrogen-bond acceptors (Lipinski definition) is 5. The fourth-order valence-corrected chi connectivity index (χ4v) is 3.62. The summed E-state index contributed by atoms with van der Waals surface area (Å²) >= 11 is 0. The predicted octanol–water partition coefficient (Wildman–Crippen LogP) is 2.10. The van der Waals surface area contributed by atoms with E-state index in [1.807, 2.05) is 17.0 Å². The molecule has 7 nitrogen and oxygen atoms in total. The van der Waals surface area contributed by atoms with Gasteiger partial charge in [-0.1, -0.05) is 25.8 Å². The number of carbonyl (C=O) groups is 2. The number of hydrogen-bond donors (Lipinski definition) is 0. The van der Waals surface area contributed by atoms with Gasteiger partial charge in [-0.3, -0.25) is 14.5 Å². The molecule has 0 radical (unpaired) electrons. The Labute approximate surface area is 167 Å². The molecule has 7 heteroatoms. The highest BCUT2D eigenvalue weighted by Crippen LogP contribution is 2.32. The minimum atomic E-state index is -0.0223. The summed E-state index contributed by atoms with van der Waals surface area (Å²) in [5.74, 6) is 1.63. The van der Waals surface area contributed by atoms with Crippen LogP contribution in [0, 0.1) is 0 Å². The molecule has 1 fully saturated rings. The van der Waals surface area contributed by atoms with E-state index in [0.717, 1.165) is 50.4 Å². The summed E-state index contributed by atoms with van der Waals surface area (Å²) in [6.07, 6.45) is 3.13. The Bertz CT molecular complexity index is 686. The second kappa shape index (κ2) is 9.78. The Balaban J connectivity index is 1.45. The molecule has 1 aromatic rings. The smallest absolute Gasteiger partial charge is 0.242 e. The van der Waals surface area contributed by atoms with E-state index in [2.05, 4.69) is 17.9 Å². The predicted molar refractivity (Wildman–Crippen MR) is 106 cm³/mol. The highest BCUT2D eigenvalue weighted by atomic mass is 16.7. The third-order valence-electron chi connectivity index (χ3n) is 5.37. The molecule has 0 unspecified atom stereocenters. The van der Waals surface area contributed by atoms with Crippen LogP contribution in [0.15, 0.2) is 18.2 Å². The maximum absolute atomic E-state index is 12.6. The molecule has 3 rings (SSSR count). The van der Waals surface area contributed by atoms with Gasteiger partial charge in [0, 0.05) is 46.2 Å². The van der Waals surface area contributed by atoms with Crippen LogP contribution in [0.2, 0.25) is 0 Å². The quantitative estimate of drug-likeness (QED) is 0.637. The third kappa shape index (κ3) is 5.38.